The van der Waals surface area contributed by atoms with Crippen molar-refractivity contribution in [3.63, 3.8) is 0 Å². The number of carbonyl (C=O) groups is 2. The number of rotatable bonds is 6. The Morgan fingerprint density at radius 3 is 2.77 bits per heavy atom. The largest absolute Gasteiger partial charge is 0.352 e. The highest BCUT2D eigenvalue weighted by atomic mass is 32.2. The number of aromatic nitrogens is 2. The molecule has 30 heavy (non-hydrogen) atoms. The molecule has 2 heterocycles. The molecular formula is C23H26N4O2S. The van der Waals surface area contributed by atoms with E-state index in [0.29, 0.717) is 18.5 Å². The van der Waals surface area contributed by atoms with Gasteiger partial charge in [0.2, 0.25) is 5.91 Å². The number of hydrogen-bond donors (Lipinski definition) is 2. The molecule has 0 spiro atoms. The van der Waals surface area contributed by atoms with E-state index in [1.54, 1.807) is 11.8 Å². The van der Waals surface area contributed by atoms with Crippen LogP contribution in [0.4, 0.5) is 0 Å². The lowest BCUT2D eigenvalue weighted by atomic mass is 10.0. The van der Waals surface area contributed by atoms with Crippen molar-refractivity contribution >= 4 is 34.6 Å². The second-order valence-corrected chi connectivity index (χ2v) is 8.52. The molecule has 1 aliphatic rings. The number of aromatic amines is 1. The Balaban J connectivity index is 1.34. The Morgan fingerprint density at radius 1 is 1.20 bits per heavy atom. The quantitative estimate of drug-likeness (QED) is 0.589. The van der Waals surface area contributed by atoms with E-state index in [1.165, 1.54) is 0 Å². The number of thioether (sulfide) groups is 1. The summed E-state index contributed by atoms with van der Waals surface area (Å²) in [6.07, 6.45) is 2.30. The third-order valence-corrected chi connectivity index (χ3v) is 6.28. The first kappa shape index (κ1) is 20.5. The van der Waals surface area contributed by atoms with Crippen LogP contribution >= 0.6 is 11.8 Å². The van der Waals surface area contributed by atoms with Gasteiger partial charge in [0.25, 0.3) is 5.91 Å². The van der Waals surface area contributed by atoms with E-state index in [-0.39, 0.29) is 17.9 Å². The maximum atomic E-state index is 12.9. The average molecular weight is 423 g/mol. The molecule has 156 valence electrons. The molecule has 0 bridgehead atoms. The first-order valence-corrected chi connectivity index (χ1v) is 11.4. The van der Waals surface area contributed by atoms with Crippen molar-refractivity contribution in [1.82, 2.24) is 20.2 Å². The van der Waals surface area contributed by atoms with Gasteiger partial charge >= 0.3 is 0 Å². The molecule has 2 N–H and O–H groups in total. The van der Waals surface area contributed by atoms with E-state index in [1.807, 2.05) is 60.4 Å². The number of nitrogens with zero attached hydrogens (tertiary/aromatic N) is 2. The number of hydrogen-bond acceptors (Lipinski definition) is 4. The average Bonchev–Trinajstić information content (AvgIpc) is 3.21. The molecule has 7 heteroatoms. The second-order valence-electron chi connectivity index (χ2n) is 7.56. The van der Waals surface area contributed by atoms with E-state index >= 15 is 0 Å². The highest BCUT2D eigenvalue weighted by Crippen LogP contribution is 2.23. The van der Waals surface area contributed by atoms with Gasteiger partial charge in [0, 0.05) is 36.9 Å². The lowest BCUT2D eigenvalue weighted by molar-refractivity contribution is -0.121. The van der Waals surface area contributed by atoms with Crippen molar-refractivity contribution in [1.29, 1.82) is 0 Å². The van der Waals surface area contributed by atoms with Crippen LogP contribution in [-0.2, 0) is 10.5 Å². The Hall–Kier alpha value is -2.80. The topological polar surface area (TPSA) is 78.1 Å². The van der Waals surface area contributed by atoms with E-state index in [4.69, 9.17) is 0 Å². The molecule has 2 aromatic carbocycles. The number of piperidine rings is 1. The van der Waals surface area contributed by atoms with E-state index in [9.17, 15) is 9.59 Å². The van der Waals surface area contributed by atoms with Gasteiger partial charge in [-0.3, -0.25) is 9.59 Å². The normalized spacial score (nSPS) is 16.6. The highest BCUT2D eigenvalue weighted by molar-refractivity contribution is 7.98. The van der Waals surface area contributed by atoms with Crippen molar-refractivity contribution in [3.05, 3.63) is 59.7 Å². The molecular weight excluding hydrogens is 396 g/mol. The van der Waals surface area contributed by atoms with Crippen LogP contribution in [-0.4, -0.2) is 45.8 Å². The standard InChI is InChI=1S/C23H26N4O2S/c1-2-21(28)24-18-6-5-13-27(14-18)22(29)17-11-9-16(10-12-17)15-30-23-25-19-7-3-4-8-20(19)26-23/h3-4,7-12,18H,2,5-6,13-15H2,1H3,(H,24,28)(H,25,26). The SMILES string of the molecule is CCC(=O)NC1CCCN(C(=O)c2ccc(CSc3nc4ccccc4[nH]3)cc2)C1. The fraction of sp³-hybridized carbons (Fsp3) is 0.348. The lowest BCUT2D eigenvalue weighted by Gasteiger charge is -2.33. The minimum Gasteiger partial charge on any atom is -0.352 e. The maximum absolute atomic E-state index is 12.9. The van der Waals surface area contributed by atoms with E-state index < -0.39 is 0 Å². The number of H-pyrrole nitrogens is 1. The number of nitrogens with one attached hydrogen (secondary N) is 2. The van der Waals surface area contributed by atoms with Gasteiger partial charge < -0.3 is 15.2 Å². The van der Waals surface area contributed by atoms with Gasteiger partial charge in [-0.1, -0.05) is 43.0 Å². The van der Waals surface area contributed by atoms with Gasteiger partial charge in [0.05, 0.1) is 11.0 Å². The second kappa shape index (κ2) is 9.34. The molecule has 1 unspecified atom stereocenters. The summed E-state index contributed by atoms with van der Waals surface area (Å²) in [5.74, 6) is 0.853. The van der Waals surface area contributed by atoms with Gasteiger partial charge in [0.15, 0.2) is 5.16 Å². The van der Waals surface area contributed by atoms with Gasteiger partial charge in [-0.15, -0.1) is 0 Å². The minimum absolute atomic E-state index is 0.0296. The van der Waals surface area contributed by atoms with Gasteiger partial charge in [-0.25, -0.2) is 4.98 Å². The summed E-state index contributed by atoms with van der Waals surface area (Å²) in [6.45, 7) is 3.16. The van der Waals surface area contributed by atoms with Crippen LogP contribution in [0.5, 0.6) is 0 Å². The Bertz CT molecular complexity index is 998. The molecule has 0 saturated carbocycles. The summed E-state index contributed by atoms with van der Waals surface area (Å²) < 4.78 is 0. The third-order valence-electron chi connectivity index (χ3n) is 5.34. The zero-order chi connectivity index (χ0) is 20.9. The molecule has 6 nitrogen and oxygen atoms in total. The Kier molecular flexibility index (Phi) is 6.38. The highest BCUT2D eigenvalue weighted by Gasteiger charge is 2.25. The third kappa shape index (κ3) is 4.84. The first-order chi connectivity index (χ1) is 14.6. The van der Waals surface area contributed by atoms with Crippen molar-refractivity contribution < 1.29 is 9.59 Å². The number of amides is 2. The fourth-order valence-corrected chi connectivity index (χ4v) is 4.53. The van der Waals surface area contributed by atoms with Gasteiger partial charge in [0.1, 0.15) is 0 Å². The predicted octanol–water partition coefficient (Wildman–Crippen LogP) is 3.99. The summed E-state index contributed by atoms with van der Waals surface area (Å²) in [7, 11) is 0. The molecule has 2 amide bonds. The Morgan fingerprint density at radius 2 is 2.00 bits per heavy atom. The molecule has 0 radical (unpaired) electrons. The molecule has 0 aliphatic carbocycles. The van der Waals surface area contributed by atoms with Crippen LogP contribution in [0.15, 0.2) is 53.7 Å². The van der Waals surface area contributed by atoms with Crippen LogP contribution in [0.25, 0.3) is 11.0 Å². The summed E-state index contributed by atoms with van der Waals surface area (Å²) in [5, 5.41) is 3.90. The smallest absolute Gasteiger partial charge is 0.253 e. The van der Waals surface area contributed by atoms with E-state index in [2.05, 4.69) is 15.3 Å². The molecule has 4 rings (SSSR count). The van der Waals surface area contributed by atoms with Crippen LogP contribution < -0.4 is 5.32 Å². The van der Waals surface area contributed by atoms with Crippen LogP contribution in [0.1, 0.15) is 42.1 Å². The van der Waals surface area contributed by atoms with E-state index in [0.717, 1.165) is 46.9 Å². The Labute approximate surface area is 180 Å². The molecule has 3 aromatic rings. The number of fused-ring (bicyclic) bond motifs is 1. The molecule has 1 aromatic heterocycles. The number of likely N-dealkylation sites (tertiary alicyclic amines) is 1. The van der Waals surface area contributed by atoms with Crippen LogP contribution in [0, 0.1) is 0 Å². The number of imidazole rings is 1. The maximum Gasteiger partial charge on any atom is 0.253 e. The van der Waals surface area contributed by atoms with Crippen molar-refractivity contribution in [2.75, 3.05) is 13.1 Å². The zero-order valence-electron chi connectivity index (χ0n) is 17.1. The van der Waals surface area contributed by atoms with Crippen LogP contribution in [0.2, 0.25) is 0 Å². The number of carbonyl (C=O) groups excluding carboxylic acids is 2. The predicted molar refractivity (Wildman–Crippen MR) is 119 cm³/mol. The monoisotopic (exact) mass is 422 g/mol. The van der Waals surface area contributed by atoms with Crippen molar-refractivity contribution in [3.8, 4) is 0 Å². The van der Waals surface area contributed by atoms with Crippen LogP contribution in [0.3, 0.4) is 0 Å². The molecule has 1 saturated heterocycles. The summed E-state index contributed by atoms with van der Waals surface area (Å²) in [6, 6.07) is 15.8. The molecule has 1 atom stereocenters. The minimum atomic E-state index is 0.0296. The van der Waals surface area contributed by atoms with Gasteiger partial charge in [-0.2, -0.15) is 0 Å². The lowest BCUT2D eigenvalue weighted by Crippen LogP contribution is -2.49. The summed E-state index contributed by atoms with van der Waals surface area (Å²) in [4.78, 5) is 34.3. The number of para-hydroxylation sites is 2. The first-order valence-electron chi connectivity index (χ1n) is 10.4. The summed E-state index contributed by atoms with van der Waals surface area (Å²) in [5.41, 5.74) is 3.84. The van der Waals surface area contributed by atoms with Crippen molar-refractivity contribution in [2.24, 2.45) is 0 Å². The fourth-order valence-electron chi connectivity index (χ4n) is 3.68. The molecule has 1 aliphatic heterocycles. The van der Waals surface area contributed by atoms with Gasteiger partial charge in [-0.05, 0) is 42.7 Å². The molecule has 1 fully saturated rings. The zero-order valence-corrected chi connectivity index (χ0v) is 17.9. The summed E-state index contributed by atoms with van der Waals surface area (Å²) >= 11 is 1.65. The number of benzene rings is 2. The van der Waals surface area contributed by atoms with Crippen molar-refractivity contribution in [2.45, 2.75) is 43.1 Å².